The van der Waals surface area contributed by atoms with Crippen molar-refractivity contribution in [3.8, 4) is 11.5 Å². The molecule has 176 valence electrons. The average Bonchev–Trinajstić information content (AvgIpc) is 3.24. The molecular formula is C26H28N4O4. The number of nitrogens with zero attached hydrogens (tertiary/aromatic N) is 3. The highest BCUT2D eigenvalue weighted by Gasteiger charge is 2.28. The Morgan fingerprint density at radius 1 is 1.12 bits per heavy atom. The van der Waals surface area contributed by atoms with Gasteiger partial charge >= 0.3 is 0 Å². The van der Waals surface area contributed by atoms with Gasteiger partial charge in [0.25, 0.3) is 0 Å². The van der Waals surface area contributed by atoms with Crippen LogP contribution in [0.15, 0.2) is 42.6 Å². The molecule has 0 bridgehead atoms. The fourth-order valence-corrected chi connectivity index (χ4v) is 4.72. The summed E-state index contributed by atoms with van der Waals surface area (Å²) in [5, 5.41) is 0. The maximum atomic E-state index is 13.0. The van der Waals surface area contributed by atoms with Gasteiger partial charge in [-0.25, -0.2) is 4.98 Å². The number of piperidine rings is 1. The second kappa shape index (κ2) is 9.21. The average molecular weight is 461 g/mol. The molecular weight excluding hydrogens is 432 g/mol. The number of imidazole rings is 1. The van der Waals surface area contributed by atoms with E-state index in [4.69, 9.17) is 14.5 Å². The summed E-state index contributed by atoms with van der Waals surface area (Å²) in [4.78, 5) is 37.4. The predicted molar refractivity (Wildman–Crippen MR) is 129 cm³/mol. The number of para-hydroxylation sites is 2. The maximum Gasteiger partial charge on any atom is 0.242 e. The van der Waals surface area contributed by atoms with Crippen LogP contribution in [0.4, 0.5) is 0 Å². The molecule has 2 aliphatic rings. The number of aromatic nitrogens is 2. The summed E-state index contributed by atoms with van der Waals surface area (Å²) in [6, 6.07) is 11.7. The Morgan fingerprint density at radius 3 is 2.59 bits per heavy atom. The number of carbonyl (C=O) groups excluding carboxylic acids is 2. The molecule has 8 nitrogen and oxygen atoms in total. The van der Waals surface area contributed by atoms with Gasteiger partial charge in [0.05, 0.1) is 31.7 Å². The summed E-state index contributed by atoms with van der Waals surface area (Å²) in [5.41, 5.74) is 3.74. The first-order valence-corrected chi connectivity index (χ1v) is 11.5. The molecule has 5 rings (SSSR count). The Bertz CT molecular complexity index is 1220. The van der Waals surface area contributed by atoms with E-state index in [1.165, 1.54) is 4.90 Å². The van der Waals surface area contributed by atoms with E-state index in [0.717, 1.165) is 40.8 Å². The van der Waals surface area contributed by atoms with Crippen LogP contribution < -0.4 is 9.47 Å². The highest BCUT2D eigenvalue weighted by molar-refractivity contribution is 5.89. The van der Waals surface area contributed by atoms with E-state index in [1.807, 2.05) is 47.4 Å². The number of carbonyl (C=O) groups is 2. The number of hydrogen-bond acceptors (Lipinski definition) is 5. The summed E-state index contributed by atoms with van der Waals surface area (Å²) >= 11 is 0. The van der Waals surface area contributed by atoms with Gasteiger partial charge in [0.2, 0.25) is 11.8 Å². The zero-order valence-electron chi connectivity index (χ0n) is 19.4. The summed E-state index contributed by atoms with van der Waals surface area (Å²) < 4.78 is 10.7. The van der Waals surface area contributed by atoms with Gasteiger partial charge in [-0.05, 0) is 54.3 Å². The van der Waals surface area contributed by atoms with Crippen LogP contribution in [0.5, 0.6) is 11.5 Å². The number of ether oxygens (including phenoxy) is 2. The zero-order valence-corrected chi connectivity index (χ0v) is 19.4. The van der Waals surface area contributed by atoms with E-state index >= 15 is 0 Å². The molecule has 2 aromatic carbocycles. The Hall–Kier alpha value is -3.81. The van der Waals surface area contributed by atoms with Gasteiger partial charge in [-0.2, -0.15) is 0 Å². The van der Waals surface area contributed by atoms with Gasteiger partial charge in [-0.1, -0.05) is 12.1 Å². The smallest absolute Gasteiger partial charge is 0.242 e. The lowest BCUT2D eigenvalue weighted by molar-refractivity contribution is -0.138. The summed E-state index contributed by atoms with van der Waals surface area (Å²) in [7, 11) is 3.15. The molecule has 0 aliphatic carbocycles. The van der Waals surface area contributed by atoms with Crippen molar-refractivity contribution in [2.45, 2.75) is 25.2 Å². The number of aromatic amines is 1. The normalized spacial score (nSPS) is 16.5. The van der Waals surface area contributed by atoms with Crippen molar-refractivity contribution >= 4 is 28.9 Å². The number of hydrogen-bond donors (Lipinski definition) is 1. The fraction of sp³-hybridized carbons (Fsp3) is 0.346. The maximum absolute atomic E-state index is 13.0. The third-order valence-corrected chi connectivity index (χ3v) is 6.69. The number of benzene rings is 2. The van der Waals surface area contributed by atoms with Crippen molar-refractivity contribution in [3.63, 3.8) is 0 Å². The van der Waals surface area contributed by atoms with Gasteiger partial charge in [0.1, 0.15) is 12.4 Å². The minimum absolute atomic E-state index is 0.0346. The summed E-state index contributed by atoms with van der Waals surface area (Å²) in [6.45, 7) is 1.34. The number of likely N-dealkylation sites (tertiary alicyclic amines) is 1. The third kappa shape index (κ3) is 4.23. The minimum Gasteiger partial charge on any atom is -0.493 e. The first-order chi connectivity index (χ1) is 16.6. The Balaban J connectivity index is 1.22. The van der Waals surface area contributed by atoms with Gasteiger partial charge < -0.3 is 24.3 Å². The van der Waals surface area contributed by atoms with Crippen LogP contribution in [0, 0.1) is 0 Å². The molecule has 0 atom stereocenters. The van der Waals surface area contributed by atoms with Gasteiger partial charge in [-0.15, -0.1) is 0 Å². The number of rotatable bonds is 5. The monoisotopic (exact) mass is 460 g/mol. The van der Waals surface area contributed by atoms with E-state index in [2.05, 4.69) is 4.98 Å². The molecule has 3 aromatic rings. The molecule has 1 fully saturated rings. The first-order valence-electron chi connectivity index (χ1n) is 11.5. The fourth-order valence-electron chi connectivity index (χ4n) is 4.72. The molecule has 0 saturated carbocycles. The van der Waals surface area contributed by atoms with Crippen molar-refractivity contribution in [1.29, 1.82) is 0 Å². The van der Waals surface area contributed by atoms with Crippen molar-refractivity contribution in [2.75, 3.05) is 33.9 Å². The molecule has 1 aromatic heterocycles. The molecule has 0 radical (unpaired) electrons. The molecule has 8 heteroatoms. The van der Waals surface area contributed by atoms with Crippen LogP contribution in [0.1, 0.15) is 35.7 Å². The summed E-state index contributed by atoms with van der Waals surface area (Å²) in [6.07, 6.45) is 5.44. The highest BCUT2D eigenvalue weighted by atomic mass is 16.5. The Morgan fingerprint density at radius 2 is 1.85 bits per heavy atom. The molecule has 0 unspecified atom stereocenters. The molecule has 2 amide bonds. The standard InChI is InChI=1S/C26H28N4O4/c1-33-22-13-18-9-12-30(24(31)15-19(18)14-23(22)34-2)16-25(32)29-10-7-17(8-11-29)26-27-20-5-3-4-6-21(20)28-26/h3-6,9,12-14,17H,7-8,10-11,15-16H2,1-2H3,(H,27,28). The lowest BCUT2D eigenvalue weighted by atomic mass is 9.96. The molecule has 2 aliphatic heterocycles. The number of H-pyrrole nitrogens is 1. The number of nitrogens with one attached hydrogen (secondary N) is 1. The van der Waals surface area contributed by atoms with E-state index in [0.29, 0.717) is 30.5 Å². The zero-order chi connectivity index (χ0) is 23.7. The van der Waals surface area contributed by atoms with Crippen LogP contribution >= 0.6 is 0 Å². The van der Waals surface area contributed by atoms with Gasteiger partial charge in [0.15, 0.2) is 11.5 Å². The molecule has 34 heavy (non-hydrogen) atoms. The van der Waals surface area contributed by atoms with Crippen molar-refractivity contribution < 1.29 is 19.1 Å². The van der Waals surface area contributed by atoms with E-state index in [-0.39, 0.29) is 24.8 Å². The lowest BCUT2D eigenvalue weighted by Crippen LogP contribution is -2.44. The van der Waals surface area contributed by atoms with Gasteiger partial charge in [0, 0.05) is 25.2 Å². The van der Waals surface area contributed by atoms with Crippen LogP contribution in [0.3, 0.4) is 0 Å². The third-order valence-electron chi connectivity index (χ3n) is 6.69. The molecule has 1 saturated heterocycles. The topological polar surface area (TPSA) is 87.8 Å². The van der Waals surface area contributed by atoms with Crippen molar-refractivity contribution in [3.05, 3.63) is 59.5 Å². The highest BCUT2D eigenvalue weighted by Crippen LogP contribution is 2.33. The van der Waals surface area contributed by atoms with Crippen molar-refractivity contribution in [1.82, 2.24) is 19.8 Å². The Labute approximate surface area is 198 Å². The number of methoxy groups -OCH3 is 2. The van der Waals surface area contributed by atoms with Crippen LogP contribution in [0.25, 0.3) is 17.1 Å². The quantitative estimate of drug-likeness (QED) is 0.631. The van der Waals surface area contributed by atoms with E-state index in [9.17, 15) is 9.59 Å². The van der Waals surface area contributed by atoms with E-state index < -0.39 is 0 Å². The second-order valence-electron chi connectivity index (χ2n) is 8.71. The van der Waals surface area contributed by atoms with Crippen LogP contribution in [0.2, 0.25) is 0 Å². The van der Waals surface area contributed by atoms with Gasteiger partial charge in [-0.3, -0.25) is 9.59 Å². The van der Waals surface area contributed by atoms with E-state index in [1.54, 1.807) is 20.4 Å². The van der Waals surface area contributed by atoms with Crippen LogP contribution in [-0.4, -0.2) is 65.4 Å². The van der Waals surface area contributed by atoms with Crippen molar-refractivity contribution in [2.24, 2.45) is 0 Å². The largest absolute Gasteiger partial charge is 0.493 e. The summed E-state index contributed by atoms with van der Waals surface area (Å²) in [5.74, 6) is 2.32. The molecule has 1 N–H and O–H groups in total. The molecule has 3 heterocycles. The lowest BCUT2D eigenvalue weighted by Gasteiger charge is -2.32. The molecule has 0 spiro atoms. The van der Waals surface area contributed by atoms with Crippen LogP contribution in [-0.2, 0) is 16.0 Å². The Kier molecular flexibility index (Phi) is 5.96. The number of fused-ring (bicyclic) bond motifs is 2. The minimum atomic E-state index is -0.118. The first kappa shape index (κ1) is 22.0. The number of amides is 2. The predicted octanol–water partition coefficient (Wildman–Crippen LogP) is 3.34. The second-order valence-corrected chi connectivity index (χ2v) is 8.71. The SMILES string of the molecule is COc1cc2c(cc1OC)CC(=O)N(CC(=O)N1CCC(c3nc4ccccc4[nH]3)CC1)C=C2.